The summed E-state index contributed by atoms with van der Waals surface area (Å²) < 4.78 is 1.79. The van der Waals surface area contributed by atoms with Crippen molar-refractivity contribution in [1.29, 1.82) is 0 Å². The van der Waals surface area contributed by atoms with Crippen molar-refractivity contribution >= 4 is 5.91 Å². The molecular formula is C17H24N4O. The lowest BCUT2D eigenvalue weighted by molar-refractivity contribution is 0.0949. The molecule has 0 unspecified atom stereocenters. The van der Waals surface area contributed by atoms with Crippen LogP contribution < -0.4 is 5.32 Å². The van der Waals surface area contributed by atoms with E-state index >= 15 is 0 Å². The van der Waals surface area contributed by atoms with Gasteiger partial charge in [-0.05, 0) is 18.7 Å². The average molecular weight is 300 g/mol. The molecule has 5 heteroatoms. The van der Waals surface area contributed by atoms with E-state index in [4.69, 9.17) is 0 Å². The normalized spacial score (nSPS) is 10.9. The summed E-state index contributed by atoms with van der Waals surface area (Å²) in [5.74, 6) is -0.0635. The number of hydrogen-bond donors (Lipinski definition) is 1. The fraction of sp³-hybridized carbons (Fsp3) is 0.412. The smallest absolute Gasteiger partial charge is 0.254 e. The first-order chi connectivity index (χ1) is 10.7. The molecule has 0 bridgehead atoms. The summed E-state index contributed by atoms with van der Waals surface area (Å²) >= 11 is 0. The van der Waals surface area contributed by atoms with E-state index in [2.05, 4.69) is 29.2 Å². The van der Waals surface area contributed by atoms with E-state index in [9.17, 15) is 4.79 Å². The van der Waals surface area contributed by atoms with Crippen LogP contribution in [-0.2, 0) is 6.54 Å². The molecule has 1 amide bonds. The summed E-state index contributed by atoms with van der Waals surface area (Å²) in [5, 5.41) is 7.19. The number of nitrogens with one attached hydrogen (secondary N) is 1. The lowest BCUT2D eigenvalue weighted by atomic mass is 10.2. The first-order valence-electron chi connectivity index (χ1n) is 7.79. The van der Waals surface area contributed by atoms with Crippen LogP contribution in [0.4, 0.5) is 0 Å². The third kappa shape index (κ3) is 4.70. The van der Waals surface area contributed by atoms with E-state index < -0.39 is 0 Å². The van der Waals surface area contributed by atoms with Crippen LogP contribution >= 0.6 is 0 Å². The molecule has 1 aromatic carbocycles. The Bertz CT molecular complexity index is 575. The highest BCUT2D eigenvalue weighted by Crippen LogP contribution is 2.04. The van der Waals surface area contributed by atoms with Gasteiger partial charge in [-0.3, -0.25) is 9.48 Å². The van der Waals surface area contributed by atoms with Gasteiger partial charge >= 0.3 is 0 Å². The van der Waals surface area contributed by atoms with E-state index in [0.29, 0.717) is 18.7 Å². The molecule has 0 aliphatic rings. The number of rotatable bonds is 8. The van der Waals surface area contributed by atoms with Crippen molar-refractivity contribution in [3.8, 4) is 0 Å². The molecular weight excluding hydrogens is 276 g/mol. The van der Waals surface area contributed by atoms with Gasteiger partial charge in [0, 0.05) is 19.3 Å². The van der Waals surface area contributed by atoms with Crippen molar-refractivity contribution in [2.75, 3.05) is 26.2 Å². The SMILES string of the molecule is CCN(CC)CCNC(=O)c1cnn(Cc2ccccc2)c1. The van der Waals surface area contributed by atoms with E-state index in [1.54, 1.807) is 17.1 Å². The molecule has 0 saturated heterocycles. The van der Waals surface area contributed by atoms with E-state index in [1.165, 1.54) is 5.56 Å². The molecule has 0 fully saturated rings. The Labute approximate surface area is 131 Å². The molecule has 22 heavy (non-hydrogen) atoms. The van der Waals surface area contributed by atoms with Crippen LogP contribution in [0.1, 0.15) is 29.8 Å². The molecule has 0 radical (unpaired) electrons. The fourth-order valence-electron chi connectivity index (χ4n) is 2.31. The Kier molecular flexibility index (Phi) is 6.15. The molecule has 0 aliphatic carbocycles. The topological polar surface area (TPSA) is 50.2 Å². The quantitative estimate of drug-likeness (QED) is 0.811. The van der Waals surface area contributed by atoms with Gasteiger partial charge in [0.15, 0.2) is 0 Å². The first-order valence-corrected chi connectivity index (χ1v) is 7.79. The molecule has 2 rings (SSSR count). The molecule has 1 N–H and O–H groups in total. The monoisotopic (exact) mass is 300 g/mol. The van der Waals surface area contributed by atoms with Gasteiger partial charge in [-0.1, -0.05) is 44.2 Å². The summed E-state index contributed by atoms with van der Waals surface area (Å²) in [6, 6.07) is 10.1. The van der Waals surface area contributed by atoms with Crippen LogP contribution in [0.25, 0.3) is 0 Å². The van der Waals surface area contributed by atoms with Gasteiger partial charge in [0.1, 0.15) is 0 Å². The third-order valence-corrected chi connectivity index (χ3v) is 3.69. The minimum absolute atomic E-state index is 0.0635. The van der Waals surface area contributed by atoms with Crippen molar-refractivity contribution in [2.45, 2.75) is 20.4 Å². The Morgan fingerprint density at radius 2 is 1.95 bits per heavy atom. The van der Waals surface area contributed by atoms with Crippen molar-refractivity contribution in [1.82, 2.24) is 20.0 Å². The number of amides is 1. The largest absolute Gasteiger partial charge is 0.351 e. The zero-order chi connectivity index (χ0) is 15.8. The van der Waals surface area contributed by atoms with Crippen LogP contribution in [0, 0.1) is 0 Å². The zero-order valence-corrected chi connectivity index (χ0v) is 13.3. The summed E-state index contributed by atoms with van der Waals surface area (Å²) in [5.41, 5.74) is 1.77. The minimum Gasteiger partial charge on any atom is -0.351 e. The average Bonchev–Trinajstić information content (AvgIpc) is 3.01. The van der Waals surface area contributed by atoms with Gasteiger partial charge in [0.2, 0.25) is 0 Å². The summed E-state index contributed by atoms with van der Waals surface area (Å²) in [4.78, 5) is 14.4. The molecule has 0 spiro atoms. The van der Waals surface area contributed by atoms with Crippen molar-refractivity contribution in [3.05, 3.63) is 53.9 Å². The number of carbonyl (C=O) groups excluding carboxylic acids is 1. The van der Waals surface area contributed by atoms with Gasteiger partial charge in [0.25, 0.3) is 5.91 Å². The third-order valence-electron chi connectivity index (χ3n) is 3.69. The number of nitrogens with zero attached hydrogens (tertiary/aromatic N) is 3. The van der Waals surface area contributed by atoms with Crippen LogP contribution in [0.5, 0.6) is 0 Å². The molecule has 1 heterocycles. The minimum atomic E-state index is -0.0635. The number of benzene rings is 1. The van der Waals surface area contributed by atoms with Gasteiger partial charge in [0.05, 0.1) is 18.3 Å². The fourth-order valence-corrected chi connectivity index (χ4v) is 2.31. The maximum absolute atomic E-state index is 12.1. The zero-order valence-electron chi connectivity index (χ0n) is 13.3. The number of aromatic nitrogens is 2. The molecule has 1 aromatic heterocycles. The van der Waals surface area contributed by atoms with Gasteiger partial charge in [-0.2, -0.15) is 5.10 Å². The van der Waals surface area contributed by atoms with E-state index in [0.717, 1.165) is 19.6 Å². The van der Waals surface area contributed by atoms with Crippen LogP contribution in [0.15, 0.2) is 42.7 Å². The summed E-state index contributed by atoms with van der Waals surface area (Å²) in [7, 11) is 0. The van der Waals surface area contributed by atoms with Crippen LogP contribution in [0.2, 0.25) is 0 Å². The predicted molar refractivity (Wildman–Crippen MR) is 87.9 cm³/mol. The lowest BCUT2D eigenvalue weighted by Crippen LogP contribution is -2.34. The van der Waals surface area contributed by atoms with Crippen molar-refractivity contribution in [2.24, 2.45) is 0 Å². The predicted octanol–water partition coefficient (Wildman–Crippen LogP) is 2.00. The second kappa shape index (κ2) is 8.34. The highest BCUT2D eigenvalue weighted by Gasteiger charge is 2.09. The van der Waals surface area contributed by atoms with Crippen molar-refractivity contribution < 1.29 is 4.79 Å². The first kappa shape index (κ1) is 16.2. The summed E-state index contributed by atoms with van der Waals surface area (Å²) in [6.07, 6.45) is 3.41. The van der Waals surface area contributed by atoms with E-state index in [1.807, 2.05) is 30.3 Å². The molecule has 5 nitrogen and oxygen atoms in total. The maximum Gasteiger partial charge on any atom is 0.254 e. The van der Waals surface area contributed by atoms with Crippen LogP contribution in [-0.4, -0.2) is 46.8 Å². The highest BCUT2D eigenvalue weighted by atomic mass is 16.1. The van der Waals surface area contributed by atoms with Crippen LogP contribution in [0.3, 0.4) is 0 Å². The molecule has 0 atom stereocenters. The van der Waals surface area contributed by atoms with Crippen molar-refractivity contribution in [3.63, 3.8) is 0 Å². The maximum atomic E-state index is 12.1. The van der Waals surface area contributed by atoms with Gasteiger partial charge < -0.3 is 10.2 Å². The second-order valence-corrected chi connectivity index (χ2v) is 5.19. The number of hydrogen-bond acceptors (Lipinski definition) is 3. The molecule has 118 valence electrons. The highest BCUT2D eigenvalue weighted by molar-refractivity contribution is 5.93. The van der Waals surface area contributed by atoms with Gasteiger partial charge in [-0.15, -0.1) is 0 Å². The molecule has 2 aromatic rings. The Morgan fingerprint density at radius 3 is 2.64 bits per heavy atom. The second-order valence-electron chi connectivity index (χ2n) is 5.19. The standard InChI is InChI=1S/C17H24N4O/c1-3-20(4-2)11-10-18-17(22)16-12-19-21(14-16)13-15-8-6-5-7-9-15/h5-9,12,14H,3-4,10-11,13H2,1-2H3,(H,18,22). The Hall–Kier alpha value is -2.14. The molecule has 0 saturated carbocycles. The molecule has 0 aliphatic heterocycles. The van der Waals surface area contributed by atoms with E-state index in [-0.39, 0.29) is 5.91 Å². The Balaban J connectivity index is 1.84. The number of likely N-dealkylation sites (N-methyl/N-ethyl adjacent to an activating group) is 1. The lowest BCUT2D eigenvalue weighted by Gasteiger charge is -2.17. The number of carbonyl (C=O) groups is 1. The summed E-state index contributed by atoms with van der Waals surface area (Å²) in [6.45, 7) is 8.45. The Morgan fingerprint density at radius 1 is 1.23 bits per heavy atom. The van der Waals surface area contributed by atoms with Gasteiger partial charge in [-0.25, -0.2) is 0 Å².